The number of carbonyl (C=O) groups is 1. The standard InChI is InChI=1S/C20H20Cl2N2O2/c1-2-3-19(15-6-9-17(21)18(22)13-15)24-20(25)12-14-4-7-16(8-5-14)26-11-10-23/h4-9,13,19H,2-3,11-12H2,1H3,(H,24,25). The molecule has 0 fully saturated rings. The molecule has 6 heteroatoms. The van der Waals surface area contributed by atoms with Gasteiger partial charge in [0.25, 0.3) is 0 Å². The lowest BCUT2D eigenvalue weighted by Gasteiger charge is -2.19. The van der Waals surface area contributed by atoms with E-state index >= 15 is 0 Å². The summed E-state index contributed by atoms with van der Waals surface area (Å²) in [7, 11) is 0. The molecule has 1 amide bonds. The lowest BCUT2D eigenvalue weighted by molar-refractivity contribution is -0.121. The van der Waals surface area contributed by atoms with E-state index in [1.807, 2.05) is 24.3 Å². The number of ether oxygens (including phenoxy) is 1. The van der Waals surface area contributed by atoms with Gasteiger partial charge in [-0.1, -0.05) is 54.7 Å². The molecule has 0 aliphatic heterocycles. The second-order valence-corrected chi connectivity index (χ2v) is 6.66. The van der Waals surface area contributed by atoms with Crippen molar-refractivity contribution in [3.63, 3.8) is 0 Å². The molecule has 1 unspecified atom stereocenters. The minimum absolute atomic E-state index is 0.00216. The van der Waals surface area contributed by atoms with Crippen LogP contribution in [0.2, 0.25) is 10.0 Å². The fourth-order valence-electron chi connectivity index (χ4n) is 2.59. The Bertz CT molecular complexity index is 785. The molecule has 1 N–H and O–H groups in total. The van der Waals surface area contributed by atoms with E-state index in [1.165, 1.54) is 0 Å². The summed E-state index contributed by atoms with van der Waals surface area (Å²) in [6.07, 6.45) is 2.00. The lowest BCUT2D eigenvalue weighted by atomic mass is 10.0. The molecule has 4 nitrogen and oxygen atoms in total. The van der Waals surface area contributed by atoms with Gasteiger partial charge in [-0.2, -0.15) is 5.26 Å². The highest BCUT2D eigenvalue weighted by molar-refractivity contribution is 6.42. The average molecular weight is 391 g/mol. The Morgan fingerprint density at radius 3 is 2.54 bits per heavy atom. The average Bonchev–Trinajstić information content (AvgIpc) is 2.63. The molecule has 0 radical (unpaired) electrons. The van der Waals surface area contributed by atoms with Crippen LogP contribution in [-0.4, -0.2) is 12.5 Å². The number of rotatable bonds is 8. The highest BCUT2D eigenvalue weighted by Crippen LogP contribution is 2.27. The summed E-state index contributed by atoms with van der Waals surface area (Å²) in [6, 6.07) is 14.4. The highest BCUT2D eigenvalue weighted by Gasteiger charge is 2.15. The first-order valence-corrected chi connectivity index (χ1v) is 9.12. The minimum atomic E-state index is -0.111. The second-order valence-electron chi connectivity index (χ2n) is 5.85. The fourth-order valence-corrected chi connectivity index (χ4v) is 2.90. The molecule has 2 aromatic carbocycles. The van der Waals surface area contributed by atoms with Crippen LogP contribution < -0.4 is 10.1 Å². The normalized spacial score (nSPS) is 11.5. The molecule has 0 spiro atoms. The third-order valence-corrected chi connectivity index (χ3v) is 4.59. The van der Waals surface area contributed by atoms with Crippen molar-refractivity contribution in [2.24, 2.45) is 0 Å². The third kappa shape index (κ3) is 5.94. The predicted molar refractivity (Wildman–Crippen MR) is 104 cm³/mol. The van der Waals surface area contributed by atoms with Crippen molar-refractivity contribution >= 4 is 29.1 Å². The molecule has 0 heterocycles. The monoisotopic (exact) mass is 390 g/mol. The molecule has 0 saturated carbocycles. The smallest absolute Gasteiger partial charge is 0.224 e. The largest absolute Gasteiger partial charge is 0.479 e. The maximum Gasteiger partial charge on any atom is 0.224 e. The van der Waals surface area contributed by atoms with Crippen molar-refractivity contribution in [3.05, 3.63) is 63.6 Å². The van der Waals surface area contributed by atoms with Crippen LogP contribution in [0.15, 0.2) is 42.5 Å². The third-order valence-electron chi connectivity index (χ3n) is 3.85. The van der Waals surface area contributed by atoms with Crippen molar-refractivity contribution in [1.29, 1.82) is 5.26 Å². The van der Waals surface area contributed by atoms with Crippen LogP contribution in [0.4, 0.5) is 0 Å². The molecule has 136 valence electrons. The van der Waals surface area contributed by atoms with Gasteiger partial charge in [-0.05, 0) is 41.8 Å². The van der Waals surface area contributed by atoms with E-state index in [-0.39, 0.29) is 25.0 Å². The van der Waals surface area contributed by atoms with E-state index in [0.717, 1.165) is 24.0 Å². The van der Waals surface area contributed by atoms with E-state index in [0.29, 0.717) is 15.8 Å². The van der Waals surface area contributed by atoms with Gasteiger partial charge in [0, 0.05) is 0 Å². The van der Waals surface area contributed by atoms with Crippen molar-refractivity contribution in [2.75, 3.05) is 6.61 Å². The summed E-state index contributed by atoms with van der Waals surface area (Å²) in [6.45, 7) is 2.07. The molecular weight excluding hydrogens is 371 g/mol. The zero-order valence-electron chi connectivity index (χ0n) is 14.5. The number of nitriles is 1. The molecule has 2 aromatic rings. The number of nitrogens with one attached hydrogen (secondary N) is 1. The van der Waals surface area contributed by atoms with Crippen molar-refractivity contribution in [2.45, 2.75) is 32.2 Å². The van der Waals surface area contributed by atoms with E-state index in [2.05, 4.69) is 12.2 Å². The fraction of sp³-hybridized carbons (Fsp3) is 0.300. The first-order chi connectivity index (χ1) is 12.5. The van der Waals surface area contributed by atoms with Crippen LogP contribution in [0.25, 0.3) is 0 Å². The summed E-state index contributed by atoms with van der Waals surface area (Å²) in [5, 5.41) is 12.5. The van der Waals surface area contributed by atoms with Crippen LogP contribution in [0.1, 0.15) is 36.9 Å². The second kappa shape index (κ2) is 10.1. The Morgan fingerprint density at radius 1 is 1.19 bits per heavy atom. The first kappa shape index (κ1) is 20.1. The molecular formula is C20H20Cl2N2O2. The summed E-state index contributed by atoms with van der Waals surface area (Å²) >= 11 is 12.1. The van der Waals surface area contributed by atoms with Crippen molar-refractivity contribution in [3.8, 4) is 11.8 Å². The van der Waals surface area contributed by atoms with Gasteiger partial charge < -0.3 is 10.1 Å². The molecule has 26 heavy (non-hydrogen) atoms. The summed E-state index contributed by atoms with van der Waals surface area (Å²) in [4.78, 5) is 12.4. The molecule has 0 aromatic heterocycles. The number of carbonyl (C=O) groups excluding carboxylic acids is 1. The van der Waals surface area contributed by atoms with Gasteiger partial charge in [0.2, 0.25) is 5.91 Å². The van der Waals surface area contributed by atoms with Gasteiger partial charge >= 0.3 is 0 Å². The Morgan fingerprint density at radius 2 is 1.92 bits per heavy atom. The first-order valence-electron chi connectivity index (χ1n) is 8.36. The van der Waals surface area contributed by atoms with E-state index in [9.17, 15) is 4.79 Å². The van der Waals surface area contributed by atoms with Gasteiger partial charge in [0.1, 0.15) is 11.8 Å². The number of halogens is 2. The van der Waals surface area contributed by atoms with Crippen molar-refractivity contribution < 1.29 is 9.53 Å². The van der Waals surface area contributed by atoms with Crippen LogP contribution in [0.3, 0.4) is 0 Å². The Labute approximate surface area is 163 Å². The lowest BCUT2D eigenvalue weighted by Crippen LogP contribution is -2.29. The topological polar surface area (TPSA) is 62.1 Å². The van der Waals surface area contributed by atoms with Gasteiger partial charge in [0.15, 0.2) is 6.61 Å². The molecule has 0 saturated heterocycles. The van der Waals surface area contributed by atoms with Crippen molar-refractivity contribution in [1.82, 2.24) is 5.32 Å². The zero-order chi connectivity index (χ0) is 18.9. The summed E-state index contributed by atoms with van der Waals surface area (Å²) in [5.74, 6) is 0.538. The van der Waals surface area contributed by atoms with E-state index in [4.69, 9.17) is 33.2 Å². The van der Waals surface area contributed by atoms with Gasteiger partial charge in [-0.25, -0.2) is 0 Å². The van der Waals surface area contributed by atoms with E-state index < -0.39 is 0 Å². The Balaban J connectivity index is 2.01. The number of benzene rings is 2. The molecule has 0 bridgehead atoms. The minimum Gasteiger partial charge on any atom is -0.479 e. The zero-order valence-corrected chi connectivity index (χ0v) is 16.0. The number of amides is 1. The quantitative estimate of drug-likeness (QED) is 0.681. The Kier molecular flexibility index (Phi) is 7.77. The maximum absolute atomic E-state index is 12.4. The summed E-state index contributed by atoms with van der Waals surface area (Å²) in [5.41, 5.74) is 1.81. The molecule has 0 aliphatic rings. The number of hydrogen-bond acceptors (Lipinski definition) is 3. The SMILES string of the molecule is CCCC(NC(=O)Cc1ccc(OCC#N)cc1)c1ccc(Cl)c(Cl)c1. The van der Waals surface area contributed by atoms with Crippen LogP contribution in [0, 0.1) is 11.3 Å². The molecule has 1 atom stereocenters. The molecule has 2 rings (SSSR count). The van der Waals surface area contributed by atoms with E-state index in [1.54, 1.807) is 24.3 Å². The van der Waals surface area contributed by atoms with Gasteiger partial charge in [-0.15, -0.1) is 0 Å². The maximum atomic E-state index is 12.4. The molecule has 0 aliphatic carbocycles. The number of hydrogen-bond donors (Lipinski definition) is 1. The van der Waals surface area contributed by atoms with Crippen LogP contribution in [0.5, 0.6) is 5.75 Å². The van der Waals surface area contributed by atoms with Gasteiger partial charge in [0.05, 0.1) is 22.5 Å². The van der Waals surface area contributed by atoms with Crippen LogP contribution in [-0.2, 0) is 11.2 Å². The van der Waals surface area contributed by atoms with Crippen LogP contribution >= 0.6 is 23.2 Å². The highest BCUT2D eigenvalue weighted by atomic mass is 35.5. The summed E-state index contributed by atoms with van der Waals surface area (Å²) < 4.78 is 5.21. The predicted octanol–water partition coefficient (Wildman–Crippen LogP) is 5.10. The van der Waals surface area contributed by atoms with Gasteiger partial charge in [-0.3, -0.25) is 4.79 Å². The number of nitrogens with zero attached hydrogens (tertiary/aromatic N) is 1. The Hall–Kier alpha value is -2.22.